The lowest BCUT2D eigenvalue weighted by Gasteiger charge is -2.08. The van der Waals surface area contributed by atoms with E-state index >= 15 is 0 Å². The van der Waals surface area contributed by atoms with E-state index in [1.807, 2.05) is 13.0 Å². The summed E-state index contributed by atoms with van der Waals surface area (Å²) in [7, 11) is 0. The van der Waals surface area contributed by atoms with Crippen molar-refractivity contribution in [2.75, 3.05) is 4.90 Å². The van der Waals surface area contributed by atoms with E-state index in [4.69, 9.17) is 0 Å². The maximum Gasteiger partial charge on any atom is 0.268 e. The van der Waals surface area contributed by atoms with Crippen LogP contribution in [0.4, 0.5) is 5.13 Å². The zero-order valence-corrected chi connectivity index (χ0v) is 9.82. The number of aryl methyl sites for hydroxylation is 1. The number of amides is 2. The summed E-state index contributed by atoms with van der Waals surface area (Å²) in [4.78, 5) is 29.4. The Bertz CT molecular complexity index is 619. The van der Waals surface area contributed by atoms with Crippen LogP contribution in [-0.4, -0.2) is 16.8 Å². The predicted octanol–water partition coefficient (Wildman–Crippen LogP) is 2.25. The second-order valence-electron chi connectivity index (χ2n) is 3.81. The van der Waals surface area contributed by atoms with Crippen LogP contribution in [0.5, 0.6) is 0 Å². The molecule has 0 radical (unpaired) electrons. The average Bonchev–Trinajstić information content (AvgIpc) is 2.88. The molecule has 0 spiro atoms. The number of hydrogen-bond acceptors (Lipinski definition) is 4. The molecule has 1 aliphatic heterocycles. The van der Waals surface area contributed by atoms with Gasteiger partial charge >= 0.3 is 0 Å². The van der Waals surface area contributed by atoms with Crippen molar-refractivity contribution < 1.29 is 9.59 Å². The quantitative estimate of drug-likeness (QED) is 0.723. The summed E-state index contributed by atoms with van der Waals surface area (Å²) in [6.07, 6.45) is 1.58. The molecule has 0 saturated heterocycles. The lowest BCUT2D eigenvalue weighted by Crippen LogP contribution is -2.29. The molecular formula is C12H8N2O2S. The number of nitrogens with zero attached hydrogens (tertiary/aromatic N) is 2. The summed E-state index contributed by atoms with van der Waals surface area (Å²) in [5, 5.41) is 2.17. The Morgan fingerprint density at radius 2 is 1.94 bits per heavy atom. The van der Waals surface area contributed by atoms with E-state index in [0.29, 0.717) is 16.3 Å². The van der Waals surface area contributed by atoms with Gasteiger partial charge in [0.1, 0.15) is 0 Å². The first-order valence-corrected chi connectivity index (χ1v) is 5.95. The molecule has 17 heavy (non-hydrogen) atoms. The van der Waals surface area contributed by atoms with E-state index in [0.717, 1.165) is 10.5 Å². The molecule has 0 N–H and O–H groups in total. The van der Waals surface area contributed by atoms with Gasteiger partial charge in [-0.1, -0.05) is 11.6 Å². The summed E-state index contributed by atoms with van der Waals surface area (Å²) in [6.45, 7) is 1.89. The van der Waals surface area contributed by atoms with Crippen LogP contribution in [0.1, 0.15) is 26.3 Å². The number of thiazole rings is 1. The second-order valence-corrected chi connectivity index (χ2v) is 4.68. The van der Waals surface area contributed by atoms with Crippen LogP contribution < -0.4 is 4.90 Å². The van der Waals surface area contributed by atoms with Crippen molar-refractivity contribution in [2.45, 2.75) is 6.92 Å². The van der Waals surface area contributed by atoms with Crippen LogP contribution in [-0.2, 0) is 0 Å². The Morgan fingerprint density at radius 1 is 1.18 bits per heavy atom. The molecule has 0 atom stereocenters. The Hall–Kier alpha value is -2.01. The summed E-state index contributed by atoms with van der Waals surface area (Å²) in [5.74, 6) is -0.580. The van der Waals surface area contributed by atoms with Crippen LogP contribution in [0.15, 0.2) is 29.8 Å². The minimum Gasteiger partial charge on any atom is -0.268 e. The number of aromatic nitrogens is 1. The molecule has 1 aromatic carbocycles. The third-order valence-corrected chi connectivity index (χ3v) is 3.41. The largest absolute Gasteiger partial charge is 0.268 e. The SMILES string of the molecule is Cc1ccc2c(c1)C(=O)N(c1nccs1)C2=O. The highest BCUT2D eigenvalue weighted by atomic mass is 32.1. The minimum atomic E-state index is -0.292. The van der Waals surface area contributed by atoms with Gasteiger partial charge in [-0.25, -0.2) is 9.88 Å². The van der Waals surface area contributed by atoms with Gasteiger partial charge in [0.05, 0.1) is 11.1 Å². The van der Waals surface area contributed by atoms with E-state index in [1.54, 1.807) is 23.7 Å². The highest BCUT2D eigenvalue weighted by molar-refractivity contribution is 7.14. The number of hydrogen-bond donors (Lipinski definition) is 0. The van der Waals surface area contributed by atoms with Crippen LogP contribution in [0, 0.1) is 6.92 Å². The molecule has 1 aromatic heterocycles. The van der Waals surface area contributed by atoms with Crippen LogP contribution in [0.25, 0.3) is 0 Å². The van der Waals surface area contributed by atoms with Crippen molar-refractivity contribution in [3.8, 4) is 0 Å². The summed E-state index contributed by atoms with van der Waals surface area (Å²) in [6, 6.07) is 5.26. The highest BCUT2D eigenvalue weighted by Gasteiger charge is 2.37. The Kier molecular flexibility index (Phi) is 2.09. The molecule has 0 saturated carbocycles. The molecule has 0 bridgehead atoms. The molecule has 0 aliphatic carbocycles. The van der Waals surface area contributed by atoms with Crippen molar-refractivity contribution in [3.05, 3.63) is 46.5 Å². The van der Waals surface area contributed by atoms with Crippen molar-refractivity contribution in [2.24, 2.45) is 0 Å². The topological polar surface area (TPSA) is 50.3 Å². The normalized spacial score (nSPS) is 14.3. The van der Waals surface area contributed by atoms with Gasteiger partial charge in [-0.15, -0.1) is 11.3 Å². The van der Waals surface area contributed by atoms with E-state index in [2.05, 4.69) is 4.98 Å². The van der Waals surface area contributed by atoms with E-state index < -0.39 is 0 Å². The number of anilines is 1. The molecule has 2 aromatic rings. The van der Waals surface area contributed by atoms with E-state index in [-0.39, 0.29) is 11.8 Å². The van der Waals surface area contributed by atoms with Crippen molar-refractivity contribution in [1.29, 1.82) is 0 Å². The van der Waals surface area contributed by atoms with Gasteiger partial charge in [-0.05, 0) is 19.1 Å². The maximum absolute atomic E-state index is 12.1. The molecule has 2 amide bonds. The molecule has 3 rings (SSSR count). The summed E-state index contributed by atoms with van der Waals surface area (Å²) in [5.41, 5.74) is 1.88. The van der Waals surface area contributed by atoms with Gasteiger partial charge in [-0.2, -0.15) is 0 Å². The fourth-order valence-electron chi connectivity index (χ4n) is 1.85. The summed E-state index contributed by atoms with van der Waals surface area (Å²) < 4.78 is 0. The van der Waals surface area contributed by atoms with E-state index in [1.165, 1.54) is 11.3 Å². The van der Waals surface area contributed by atoms with Gasteiger partial charge in [0.25, 0.3) is 11.8 Å². The molecular weight excluding hydrogens is 236 g/mol. The number of carbonyl (C=O) groups is 2. The van der Waals surface area contributed by atoms with E-state index in [9.17, 15) is 9.59 Å². The number of fused-ring (bicyclic) bond motifs is 1. The van der Waals surface area contributed by atoms with Gasteiger partial charge in [0.2, 0.25) is 0 Å². The Balaban J connectivity index is 2.15. The van der Waals surface area contributed by atoms with Crippen LogP contribution >= 0.6 is 11.3 Å². The molecule has 0 fully saturated rings. The summed E-state index contributed by atoms with van der Waals surface area (Å²) >= 11 is 1.28. The number of carbonyl (C=O) groups excluding carboxylic acids is 2. The Labute approximate surface area is 102 Å². The average molecular weight is 244 g/mol. The van der Waals surface area contributed by atoms with Gasteiger partial charge in [-0.3, -0.25) is 9.59 Å². The lowest BCUT2D eigenvalue weighted by molar-refractivity contribution is 0.0926. The lowest BCUT2D eigenvalue weighted by atomic mass is 10.1. The second kappa shape index (κ2) is 3.49. The highest BCUT2D eigenvalue weighted by Crippen LogP contribution is 2.29. The molecule has 2 heterocycles. The first-order valence-electron chi connectivity index (χ1n) is 5.07. The standard InChI is InChI=1S/C12H8N2O2S/c1-7-2-3-8-9(6-7)11(16)14(10(8)15)12-13-4-5-17-12/h2-6H,1H3. The van der Waals surface area contributed by atoms with Crippen molar-refractivity contribution >= 4 is 28.3 Å². The zero-order valence-electron chi connectivity index (χ0n) is 9.01. The number of rotatable bonds is 1. The molecule has 84 valence electrons. The molecule has 0 unspecified atom stereocenters. The maximum atomic E-state index is 12.1. The van der Waals surface area contributed by atoms with Gasteiger partial charge in [0, 0.05) is 11.6 Å². The third-order valence-electron chi connectivity index (χ3n) is 2.65. The molecule has 1 aliphatic rings. The number of imide groups is 1. The fraction of sp³-hybridized carbons (Fsp3) is 0.0833. The smallest absolute Gasteiger partial charge is 0.268 e. The molecule has 5 heteroatoms. The fourth-order valence-corrected chi connectivity index (χ4v) is 2.49. The van der Waals surface area contributed by atoms with Gasteiger partial charge in [0.15, 0.2) is 5.13 Å². The zero-order chi connectivity index (χ0) is 12.0. The van der Waals surface area contributed by atoms with Crippen LogP contribution in [0.2, 0.25) is 0 Å². The Morgan fingerprint density at radius 3 is 2.65 bits per heavy atom. The first kappa shape index (κ1) is 10.2. The van der Waals surface area contributed by atoms with Crippen molar-refractivity contribution in [3.63, 3.8) is 0 Å². The molecule has 4 nitrogen and oxygen atoms in total. The predicted molar refractivity (Wildman–Crippen MR) is 64.4 cm³/mol. The van der Waals surface area contributed by atoms with Crippen molar-refractivity contribution in [1.82, 2.24) is 4.98 Å². The number of benzene rings is 1. The van der Waals surface area contributed by atoms with Gasteiger partial charge < -0.3 is 0 Å². The third kappa shape index (κ3) is 1.39. The minimum absolute atomic E-state index is 0.288. The first-order chi connectivity index (χ1) is 8.18. The van der Waals surface area contributed by atoms with Crippen LogP contribution in [0.3, 0.4) is 0 Å². The monoisotopic (exact) mass is 244 g/mol.